The normalized spacial score (nSPS) is 34.5. The number of aliphatic hydroxyl groups excluding tert-OH is 2. The van der Waals surface area contributed by atoms with Crippen molar-refractivity contribution >= 4 is 11.9 Å². The highest BCUT2D eigenvalue weighted by molar-refractivity contribution is 5.66. The maximum Gasteiger partial charge on any atom is 0.302 e. The molecular weight excluding hydrogens is 384 g/mol. The van der Waals surface area contributed by atoms with Crippen LogP contribution in [0, 0.1) is 28.6 Å². The van der Waals surface area contributed by atoms with E-state index in [-0.39, 0.29) is 41.2 Å². The minimum absolute atomic E-state index is 0.0433. The van der Waals surface area contributed by atoms with Crippen LogP contribution in [-0.4, -0.2) is 48.1 Å². The highest BCUT2D eigenvalue weighted by Gasteiger charge is 2.56. The number of rotatable bonds is 9. The zero-order valence-electron chi connectivity index (χ0n) is 19.3. The van der Waals surface area contributed by atoms with E-state index in [1.165, 1.54) is 13.8 Å². The molecule has 172 valence electrons. The molecule has 2 aliphatic carbocycles. The second-order valence-corrected chi connectivity index (χ2v) is 9.84. The van der Waals surface area contributed by atoms with Gasteiger partial charge in [0.1, 0.15) is 0 Å². The zero-order chi connectivity index (χ0) is 22.5. The van der Waals surface area contributed by atoms with Crippen LogP contribution in [-0.2, 0) is 19.1 Å². The second-order valence-electron chi connectivity index (χ2n) is 9.84. The van der Waals surface area contributed by atoms with Crippen molar-refractivity contribution in [3.63, 3.8) is 0 Å². The first-order valence-corrected chi connectivity index (χ1v) is 11.3. The SMILES string of the molecule is CC(=O)OCC[C@@H](CC[C@@]1(C)[C@H](C)[C@H](O)C[C@@]2(C)C(CO)=CCC[C@H]12)COC(C)=O. The number of carbonyl (C=O) groups is 2. The number of carbonyl (C=O) groups excluding carboxylic acids is 2. The van der Waals surface area contributed by atoms with Crippen molar-refractivity contribution in [1.82, 2.24) is 0 Å². The molecule has 2 aliphatic rings. The van der Waals surface area contributed by atoms with Crippen molar-refractivity contribution in [3.8, 4) is 0 Å². The topological polar surface area (TPSA) is 93.1 Å². The highest BCUT2D eigenvalue weighted by Crippen LogP contribution is 2.62. The minimum atomic E-state index is -0.419. The molecule has 30 heavy (non-hydrogen) atoms. The van der Waals surface area contributed by atoms with Gasteiger partial charge in [0.2, 0.25) is 0 Å². The quantitative estimate of drug-likeness (QED) is 0.434. The zero-order valence-corrected chi connectivity index (χ0v) is 19.3. The van der Waals surface area contributed by atoms with Gasteiger partial charge in [-0.15, -0.1) is 0 Å². The molecule has 2 rings (SSSR count). The summed E-state index contributed by atoms with van der Waals surface area (Å²) in [6.07, 6.45) is 6.78. The molecule has 1 saturated carbocycles. The molecule has 0 aromatic rings. The average molecular weight is 425 g/mol. The summed E-state index contributed by atoms with van der Waals surface area (Å²) in [5, 5.41) is 20.9. The molecule has 0 radical (unpaired) electrons. The molecule has 1 fully saturated rings. The minimum Gasteiger partial charge on any atom is -0.466 e. The van der Waals surface area contributed by atoms with Gasteiger partial charge in [-0.3, -0.25) is 9.59 Å². The fourth-order valence-electron chi connectivity index (χ4n) is 5.98. The molecule has 6 atom stereocenters. The Morgan fingerprint density at radius 1 is 1.20 bits per heavy atom. The summed E-state index contributed by atoms with van der Waals surface area (Å²) >= 11 is 0. The van der Waals surface area contributed by atoms with Crippen molar-refractivity contribution < 1.29 is 29.3 Å². The maximum atomic E-state index is 11.3. The highest BCUT2D eigenvalue weighted by atomic mass is 16.5. The molecule has 0 aliphatic heterocycles. The lowest BCUT2D eigenvalue weighted by Gasteiger charge is -2.60. The first kappa shape index (κ1) is 24.9. The number of esters is 2. The van der Waals surface area contributed by atoms with Crippen LogP contribution in [0.4, 0.5) is 0 Å². The summed E-state index contributed by atoms with van der Waals surface area (Å²) in [6.45, 7) is 10.1. The van der Waals surface area contributed by atoms with Crippen LogP contribution >= 0.6 is 0 Å². The molecule has 6 heteroatoms. The number of ether oxygens (including phenoxy) is 2. The molecule has 0 heterocycles. The molecule has 0 amide bonds. The molecule has 0 saturated heterocycles. The Labute approximate surface area is 181 Å². The Morgan fingerprint density at radius 3 is 2.47 bits per heavy atom. The summed E-state index contributed by atoms with van der Waals surface area (Å²) in [7, 11) is 0. The third-order valence-electron chi connectivity index (χ3n) is 8.01. The summed E-state index contributed by atoms with van der Waals surface area (Å²) in [5.41, 5.74) is 0.760. The fourth-order valence-corrected chi connectivity index (χ4v) is 5.98. The fraction of sp³-hybridized carbons (Fsp3) is 0.833. The smallest absolute Gasteiger partial charge is 0.302 e. The molecule has 2 N–H and O–H groups in total. The van der Waals surface area contributed by atoms with Crippen molar-refractivity contribution in [2.75, 3.05) is 19.8 Å². The lowest BCUT2D eigenvalue weighted by Crippen LogP contribution is -2.55. The number of fused-ring (bicyclic) bond motifs is 1. The van der Waals surface area contributed by atoms with Crippen LogP contribution in [0.5, 0.6) is 0 Å². The van der Waals surface area contributed by atoms with Gasteiger partial charge in [0.05, 0.1) is 25.9 Å². The lowest BCUT2D eigenvalue weighted by molar-refractivity contribution is -0.145. The second kappa shape index (κ2) is 10.3. The number of aliphatic hydroxyl groups is 2. The van der Waals surface area contributed by atoms with Crippen molar-refractivity contribution in [3.05, 3.63) is 11.6 Å². The maximum absolute atomic E-state index is 11.3. The third-order valence-corrected chi connectivity index (χ3v) is 8.01. The van der Waals surface area contributed by atoms with Crippen molar-refractivity contribution in [2.45, 2.75) is 79.2 Å². The van der Waals surface area contributed by atoms with Crippen LogP contribution in [0.15, 0.2) is 11.6 Å². The van der Waals surface area contributed by atoms with Gasteiger partial charge in [-0.05, 0) is 72.7 Å². The number of hydrogen-bond donors (Lipinski definition) is 2. The monoisotopic (exact) mass is 424 g/mol. The van der Waals surface area contributed by atoms with Crippen LogP contribution in [0.1, 0.15) is 73.1 Å². The van der Waals surface area contributed by atoms with Gasteiger partial charge < -0.3 is 19.7 Å². The van der Waals surface area contributed by atoms with Crippen molar-refractivity contribution in [2.24, 2.45) is 28.6 Å². The molecular formula is C24H40O6. The van der Waals surface area contributed by atoms with Crippen LogP contribution in [0.25, 0.3) is 0 Å². The molecule has 0 aromatic carbocycles. The Kier molecular flexibility index (Phi) is 8.51. The first-order chi connectivity index (χ1) is 14.0. The summed E-state index contributed by atoms with van der Waals surface area (Å²) < 4.78 is 10.4. The average Bonchev–Trinajstić information content (AvgIpc) is 2.67. The Morgan fingerprint density at radius 2 is 1.87 bits per heavy atom. The Balaban J connectivity index is 2.17. The molecule has 0 bridgehead atoms. The molecule has 0 spiro atoms. The van der Waals surface area contributed by atoms with Gasteiger partial charge in [0.25, 0.3) is 0 Å². The van der Waals surface area contributed by atoms with E-state index in [9.17, 15) is 19.8 Å². The third kappa shape index (κ3) is 5.44. The van der Waals surface area contributed by atoms with Crippen LogP contribution in [0.2, 0.25) is 0 Å². The van der Waals surface area contributed by atoms with E-state index in [0.717, 1.165) is 31.3 Å². The molecule has 0 unspecified atom stereocenters. The predicted molar refractivity (Wildman–Crippen MR) is 115 cm³/mol. The van der Waals surface area contributed by atoms with Gasteiger partial charge >= 0.3 is 11.9 Å². The van der Waals surface area contributed by atoms with Gasteiger partial charge in [-0.2, -0.15) is 0 Å². The number of hydrogen-bond acceptors (Lipinski definition) is 6. The largest absolute Gasteiger partial charge is 0.466 e. The van der Waals surface area contributed by atoms with E-state index in [4.69, 9.17) is 9.47 Å². The molecule has 6 nitrogen and oxygen atoms in total. The standard InChI is InChI=1S/C24H40O6/c1-16-21(28)13-24(5)20(14-25)7-6-8-22(24)23(16,4)11-9-19(15-30-18(3)27)10-12-29-17(2)26/h7,16,19,21-22,25,28H,6,8-15H2,1-5H3/t16-,19-,21-,22-,23+,24+/m1/s1. The van der Waals surface area contributed by atoms with E-state index in [1.54, 1.807) is 0 Å². The number of allylic oxidation sites excluding steroid dienone is 1. The van der Waals surface area contributed by atoms with E-state index in [2.05, 4.69) is 26.8 Å². The predicted octanol–water partition coefficient (Wildman–Crippen LogP) is 3.64. The summed E-state index contributed by atoms with van der Waals surface area (Å²) in [6, 6.07) is 0. The van der Waals surface area contributed by atoms with E-state index >= 15 is 0 Å². The molecule has 0 aromatic heterocycles. The Hall–Kier alpha value is -1.40. The van der Waals surface area contributed by atoms with Gasteiger partial charge in [0, 0.05) is 13.8 Å². The van der Waals surface area contributed by atoms with E-state index in [1.807, 2.05) is 0 Å². The van der Waals surface area contributed by atoms with Gasteiger partial charge in [0.15, 0.2) is 0 Å². The first-order valence-electron chi connectivity index (χ1n) is 11.3. The van der Waals surface area contributed by atoms with Crippen molar-refractivity contribution in [1.29, 1.82) is 0 Å². The summed E-state index contributed by atoms with van der Waals surface area (Å²) in [4.78, 5) is 22.4. The van der Waals surface area contributed by atoms with E-state index in [0.29, 0.717) is 32.0 Å². The van der Waals surface area contributed by atoms with Gasteiger partial charge in [-0.25, -0.2) is 0 Å². The van der Waals surface area contributed by atoms with Crippen LogP contribution in [0.3, 0.4) is 0 Å². The van der Waals surface area contributed by atoms with E-state index < -0.39 is 6.10 Å². The Bertz CT molecular complexity index is 644. The van der Waals surface area contributed by atoms with Gasteiger partial charge in [-0.1, -0.05) is 26.8 Å². The summed E-state index contributed by atoms with van der Waals surface area (Å²) in [5.74, 6) is -0.00912. The lowest BCUT2D eigenvalue weighted by atomic mass is 9.46. The van der Waals surface area contributed by atoms with Crippen LogP contribution < -0.4 is 0 Å².